The van der Waals surface area contributed by atoms with E-state index >= 15 is 0 Å². The van der Waals surface area contributed by atoms with E-state index in [0.717, 1.165) is 39.4 Å². The Morgan fingerprint density at radius 2 is 0.836 bits per heavy atom. The molecular weight excluding hydrogens is 672 g/mol. The minimum Gasteiger partial charge on any atom is -0.311 e. The van der Waals surface area contributed by atoms with Crippen molar-refractivity contribution >= 4 is 49.6 Å². The van der Waals surface area contributed by atoms with Gasteiger partial charge in [-0.25, -0.2) is 4.39 Å². The Bertz CT molecular complexity index is 2940. The van der Waals surface area contributed by atoms with Crippen LogP contribution in [0.5, 0.6) is 0 Å². The molecule has 260 valence electrons. The lowest BCUT2D eigenvalue weighted by molar-refractivity contribution is 0.628. The molecule has 0 atom stereocenters. The first-order valence-electron chi connectivity index (χ1n) is 18.6. The van der Waals surface area contributed by atoms with Crippen molar-refractivity contribution in [3.8, 4) is 39.1 Å². The molecular formula is C52H35FN2. The van der Waals surface area contributed by atoms with Crippen molar-refractivity contribution in [1.82, 2.24) is 4.57 Å². The summed E-state index contributed by atoms with van der Waals surface area (Å²) in [5.74, 6) is -0.235. The maximum Gasteiger partial charge on any atom is 0.123 e. The second-order valence-electron chi connectivity index (χ2n) is 13.9. The zero-order valence-electron chi connectivity index (χ0n) is 30.0. The molecule has 10 aromatic rings. The lowest BCUT2D eigenvalue weighted by atomic mass is 9.98. The molecule has 0 saturated heterocycles. The van der Waals surface area contributed by atoms with Gasteiger partial charge >= 0.3 is 0 Å². The maximum atomic E-state index is 13.7. The van der Waals surface area contributed by atoms with E-state index in [1.54, 1.807) is 0 Å². The molecule has 0 unspecified atom stereocenters. The highest BCUT2D eigenvalue weighted by Gasteiger charge is 2.16. The van der Waals surface area contributed by atoms with Gasteiger partial charge < -0.3 is 9.47 Å². The van der Waals surface area contributed by atoms with Crippen LogP contribution in [0.1, 0.15) is 0 Å². The molecule has 0 spiro atoms. The summed E-state index contributed by atoms with van der Waals surface area (Å²) in [6, 6.07) is 73.9. The first kappa shape index (κ1) is 32.4. The van der Waals surface area contributed by atoms with E-state index in [-0.39, 0.29) is 5.82 Å². The van der Waals surface area contributed by atoms with Gasteiger partial charge in [0.2, 0.25) is 0 Å². The number of rotatable bonds is 7. The predicted molar refractivity (Wildman–Crippen MR) is 229 cm³/mol. The monoisotopic (exact) mass is 706 g/mol. The molecule has 3 heteroatoms. The molecule has 0 aliphatic carbocycles. The lowest BCUT2D eigenvalue weighted by Gasteiger charge is -2.26. The summed E-state index contributed by atoms with van der Waals surface area (Å²) >= 11 is 0. The summed E-state index contributed by atoms with van der Waals surface area (Å²) in [4.78, 5) is 2.29. The summed E-state index contributed by atoms with van der Waals surface area (Å²) in [5, 5.41) is 4.94. The van der Waals surface area contributed by atoms with Crippen LogP contribution in [-0.2, 0) is 0 Å². The van der Waals surface area contributed by atoms with Crippen molar-refractivity contribution in [3.05, 3.63) is 218 Å². The fourth-order valence-corrected chi connectivity index (χ4v) is 7.97. The van der Waals surface area contributed by atoms with Gasteiger partial charge in [-0.15, -0.1) is 0 Å². The Balaban J connectivity index is 1.04. The molecule has 2 nitrogen and oxygen atoms in total. The summed E-state index contributed by atoms with van der Waals surface area (Å²) in [7, 11) is 0. The van der Waals surface area contributed by atoms with Crippen LogP contribution in [0.15, 0.2) is 212 Å². The van der Waals surface area contributed by atoms with Crippen molar-refractivity contribution in [1.29, 1.82) is 0 Å². The van der Waals surface area contributed by atoms with Gasteiger partial charge in [0.1, 0.15) is 5.82 Å². The molecule has 0 bridgehead atoms. The summed E-state index contributed by atoms with van der Waals surface area (Å²) in [5.41, 5.74) is 13.4. The molecule has 55 heavy (non-hydrogen) atoms. The van der Waals surface area contributed by atoms with Crippen LogP contribution in [-0.4, -0.2) is 4.57 Å². The summed E-state index contributed by atoms with van der Waals surface area (Å²) < 4.78 is 16.0. The highest BCUT2D eigenvalue weighted by Crippen LogP contribution is 2.40. The summed E-state index contributed by atoms with van der Waals surface area (Å²) in [6.45, 7) is 0. The smallest absolute Gasteiger partial charge is 0.123 e. The number of anilines is 3. The van der Waals surface area contributed by atoms with Crippen molar-refractivity contribution in [2.24, 2.45) is 0 Å². The topological polar surface area (TPSA) is 8.17 Å². The largest absolute Gasteiger partial charge is 0.311 e. The number of halogens is 1. The van der Waals surface area contributed by atoms with Gasteiger partial charge in [-0.3, -0.25) is 0 Å². The third-order valence-electron chi connectivity index (χ3n) is 10.7. The van der Waals surface area contributed by atoms with Crippen LogP contribution in [0, 0.1) is 5.82 Å². The average molecular weight is 707 g/mol. The van der Waals surface area contributed by atoms with E-state index in [1.165, 1.54) is 61.4 Å². The van der Waals surface area contributed by atoms with Crippen LogP contribution in [0.4, 0.5) is 21.5 Å². The van der Waals surface area contributed by atoms with E-state index in [1.807, 2.05) is 12.1 Å². The highest BCUT2D eigenvalue weighted by atomic mass is 19.1. The molecule has 10 rings (SSSR count). The van der Waals surface area contributed by atoms with Crippen molar-refractivity contribution in [2.75, 3.05) is 4.90 Å². The van der Waals surface area contributed by atoms with Gasteiger partial charge in [-0.2, -0.15) is 0 Å². The first-order valence-corrected chi connectivity index (χ1v) is 18.6. The number of nitrogens with zero attached hydrogens (tertiary/aromatic N) is 2. The van der Waals surface area contributed by atoms with Crippen LogP contribution in [0.2, 0.25) is 0 Å². The Morgan fingerprint density at radius 3 is 1.51 bits per heavy atom. The number of hydrogen-bond donors (Lipinski definition) is 0. The van der Waals surface area contributed by atoms with Crippen molar-refractivity contribution < 1.29 is 4.39 Å². The van der Waals surface area contributed by atoms with Gasteiger partial charge in [0.15, 0.2) is 0 Å². The molecule has 1 heterocycles. The molecule has 0 saturated carbocycles. The Kier molecular flexibility index (Phi) is 8.04. The van der Waals surface area contributed by atoms with Gasteiger partial charge in [0, 0.05) is 33.5 Å². The van der Waals surface area contributed by atoms with Gasteiger partial charge in [0.25, 0.3) is 0 Å². The normalized spacial score (nSPS) is 11.4. The highest BCUT2D eigenvalue weighted by molar-refractivity contribution is 6.10. The average Bonchev–Trinajstić information content (AvgIpc) is 3.59. The number of benzene rings is 9. The van der Waals surface area contributed by atoms with Crippen molar-refractivity contribution in [2.45, 2.75) is 0 Å². The number of fused-ring (bicyclic) bond motifs is 4. The molecule has 0 aliphatic heterocycles. The molecule has 0 radical (unpaired) electrons. The molecule has 9 aromatic carbocycles. The molecule has 1 aromatic heterocycles. The van der Waals surface area contributed by atoms with Crippen LogP contribution >= 0.6 is 0 Å². The zero-order chi connectivity index (χ0) is 36.7. The lowest BCUT2D eigenvalue weighted by Crippen LogP contribution is -2.09. The molecule has 0 aliphatic rings. The maximum absolute atomic E-state index is 13.7. The SMILES string of the molecule is Fc1ccc(-c2ccc(N(c3ccc(-c4ccc5c(c4)c4ccccc4n5-c4ccccc4)cc3)c3ccc(-c4cccc5ccccc45)cc3)cc2)cc1. The minimum absolute atomic E-state index is 0.235. The standard InChI is InChI=1S/C52H35FN2/c53-42-26-17-36(18-27-42)37-19-28-44(29-20-37)54(46-32-23-40(24-33-46)48-15-8-10-39-9-4-5-13-47(39)48)45-30-21-38(22-31-45)41-25-34-52-50(35-41)49-14-6-7-16-51(49)55(52)43-11-2-1-3-12-43/h1-35H. The predicted octanol–water partition coefficient (Wildman–Crippen LogP) is 14.5. The second kappa shape index (κ2) is 13.6. The molecule has 0 fully saturated rings. The van der Waals surface area contributed by atoms with E-state index in [9.17, 15) is 4.39 Å². The van der Waals surface area contributed by atoms with Crippen LogP contribution in [0.25, 0.3) is 71.6 Å². The van der Waals surface area contributed by atoms with Gasteiger partial charge in [-0.1, -0.05) is 133 Å². The van der Waals surface area contributed by atoms with E-state index in [2.05, 4.69) is 198 Å². The quantitative estimate of drug-likeness (QED) is 0.160. The Morgan fingerprint density at radius 1 is 0.345 bits per heavy atom. The van der Waals surface area contributed by atoms with E-state index in [4.69, 9.17) is 0 Å². The molecule has 0 N–H and O–H groups in total. The molecule has 0 amide bonds. The number of aromatic nitrogens is 1. The van der Waals surface area contributed by atoms with Gasteiger partial charge in [0.05, 0.1) is 11.0 Å². The Hall–Kier alpha value is -7.23. The van der Waals surface area contributed by atoms with Crippen molar-refractivity contribution in [3.63, 3.8) is 0 Å². The van der Waals surface area contributed by atoms with E-state index < -0.39 is 0 Å². The number of hydrogen-bond acceptors (Lipinski definition) is 1. The summed E-state index contributed by atoms with van der Waals surface area (Å²) in [6.07, 6.45) is 0. The van der Waals surface area contributed by atoms with E-state index in [0.29, 0.717) is 0 Å². The first-order chi connectivity index (χ1) is 27.2. The number of para-hydroxylation sites is 2. The van der Waals surface area contributed by atoms with Crippen LogP contribution in [0.3, 0.4) is 0 Å². The fourth-order valence-electron chi connectivity index (χ4n) is 7.97. The third-order valence-corrected chi connectivity index (χ3v) is 10.7. The second-order valence-corrected chi connectivity index (χ2v) is 13.9. The third kappa shape index (κ3) is 5.93. The minimum atomic E-state index is -0.235. The fraction of sp³-hybridized carbons (Fsp3) is 0. The van der Waals surface area contributed by atoms with Gasteiger partial charge in [-0.05, 0) is 123 Å². The zero-order valence-corrected chi connectivity index (χ0v) is 30.0. The van der Waals surface area contributed by atoms with Crippen LogP contribution < -0.4 is 4.90 Å². The Labute approximate surface area is 319 Å².